The molecule has 2 atom stereocenters. The first kappa shape index (κ1) is 19.9. The Hall–Kier alpha value is -3.35. The molecular weight excluding hydrogens is 376 g/mol. The van der Waals surface area contributed by atoms with Crippen LogP contribution in [0.15, 0.2) is 49.1 Å². The van der Waals surface area contributed by atoms with Gasteiger partial charge < -0.3 is 10.2 Å². The Kier molecular flexibility index (Phi) is 5.70. The Morgan fingerprint density at radius 1 is 1.13 bits per heavy atom. The predicted octanol–water partition coefficient (Wildman–Crippen LogP) is 4.10. The first-order chi connectivity index (χ1) is 14.5. The molecule has 0 bridgehead atoms. The Labute approximate surface area is 176 Å². The van der Waals surface area contributed by atoms with Gasteiger partial charge in [-0.05, 0) is 50.5 Å². The van der Waals surface area contributed by atoms with Crippen LogP contribution in [0.2, 0.25) is 0 Å². The van der Waals surface area contributed by atoms with Crippen LogP contribution in [0.3, 0.4) is 0 Å². The summed E-state index contributed by atoms with van der Waals surface area (Å²) in [7, 11) is 0. The van der Waals surface area contributed by atoms with Crippen LogP contribution in [0.1, 0.15) is 44.0 Å². The molecule has 1 fully saturated rings. The maximum absolute atomic E-state index is 12.1. The Morgan fingerprint density at radius 2 is 2.00 bits per heavy atom. The number of aryl methyl sites for hydroxylation is 1. The van der Waals surface area contributed by atoms with Crippen molar-refractivity contribution in [2.24, 2.45) is 0 Å². The minimum atomic E-state index is 0.0953. The SMILES string of the molecule is CC(=O)N1C[C@@H](c2nc(Nc3cncc(C)c3)cc(-c3cccnc3)n2)CC[C@H]1C. The van der Waals surface area contributed by atoms with Gasteiger partial charge in [-0.25, -0.2) is 9.97 Å². The van der Waals surface area contributed by atoms with E-state index in [1.807, 2.05) is 42.3 Å². The van der Waals surface area contributed by atoms with Gasteiger partial charge in [0, 0.05) is 55.6 Å². The van der Waals surface area contributed by atoms with Crippen LogP contribution in [-0.4, -0.2) is 43.3 Å². The molecule has 1 amide bonds. The summed E-state index contributed by atoms with van der Waals surface area (Å²) in [5, 5.41) is 3.36. The second kappa shape index (κ2) is 8.57. The highest BCUT2D eigenvalue weighted by molar-refractivity contribution is 5.73. The number of rotatable bonds is 4. The van der Waals surface area contributed by atoms with Gasteiger partial charge in [-0.2, -0.15) is 0 Å². The van der Waals surface area contributed by atoms with Crippen LogP contribution in [0.4, 0.5) is 11.5 Å². The van der Waals surface area contributed by atoms with Crippen LogP contribution >= 0.6 is 0 Å². The largest absolute Gasteiger partial charge is 0.340 e. The van der Waals surface area contributed by atoms with E-state index < -0.39 is 0 Å². The molecule has 0 aromatic carbocycles. The van der Waals surface area contributed by atoms with E-state index in [2.05, 4.69) is 22.2 Å². The number of hydrogen-bond acceptors (Lipinski definition) is 6. The number of nitrogens with zero attached hydrogens (tertiary/aromatic N) is 5. The molecule has 4 heterocycles. The molecule has 0 saturated carbocycles. The van der Waals surface area contributed by atoms with Crippen molar-refractivity contribution in [2.45, 2.75) is 45.6 Å². The van der Waals surface area contributed by atoms with Gasteiger partial charge in [0.2, 0.25) is 5.91 Å². The maximum Gasteiger partial charge on any atom is 0.219 e. The third-order valence-electron chi connectivity index (χ3n) is 5.50. The molecule has 154 valence electrons. The van der Waals surface area contributed by atoms with Crippen molar-refractivity contribution >= 4 is 17.4 Å². The number of piperidine rings is 1. The second-order valence-electron chi connectivity index (χ2n) is 7.91. The predicted molar refractivity (Wildman–Crippen MR) is 116 cm³/mol. The minimum absolute atomic E-state index is 0.0953. The molecule has 0 radical (unpaired) electrons. The monoisotopic (exact) mass is 402 g/mol. The van der Waals surface area contributed by atoms with Crippen molar-refractivity contribution in [2.75, 3.05) is 11.9 Å². The van der Waals surface area contributed by atoms with E-state index in [9.17, 15) is 4.79 Å². The van der Waals surface area contributed by atoms with Crippen LogP contribution in [-0.2, 0) is 4.79 Å². The number of pyridine rings is 2. The highest BCUT2D eigenvalue weighted by atomic mass is 16.2. The molecule has 1 N–H and O–H groups in total. The average molecular weight is 403 g/mol. The van der Waals surface area contributed by atoms with E-state index in [1.54, 1.807) is 25.5 Å². The number of likely N-dealkylation sites (tertiary alicyclic amines) is 1. The van der Waals surface area contributed by atoms with Gasteiger partial charge in [0.25, 0.3) is 0 Å². The van der Waals surface area contributed by atoms with E-state index in [0.717, 1.165) is 41.2 Å². The summed E-state index contributed by atoms with van der Waals surface area (Å²) in [6.45, 7) is 6.37. The molecule has 1 aliphatic rings. The average Bonchev–Trinajstić information content (AvgIpc) is 2.74. The van der Waals surface area contributed by atoms with Gasteiger partial charge in [0.05, 0.1) is 17.6 Å². The lowest BCUT2D eigenvalue weighted by atomic mass is 9.92. The summed E-state index contributed by atoms with van der Waals surface area (Å²) in [6.07, 6.45) is 9.03. The van der Waals surface area contributed by atoms with Crippen molar-refractivity contribution in [3.05, 3.63) is 60.4 Å². The summed E-state index contributed by atoms with van der Waals surface area (Å²) in [5.74, 6) is 1.65. The van der Waals surface area contributed by atoms with Gasteiger partial charge in [-0.15, -0.1) is 0 Å². The summed E-state index contributed by atoms with van der Waals surface area (Å²) in [4.78, 5) is 32.2. The van der Waals surface area contributed by atoms with Crippen LogP contribution in [0.5, 0.6) is 0 Å². The van der Waals surface area contributed by atoms with Gasteiger partial charge in [0.15, 0.2) is 0 Å². The molecule has 0 unspecified atom stereocenters. The van der Waals surface area contributed by atoms with Gasteiger partial charge in [-0.1, -0.05) is 0 Å². The molecule has 3 aromatic rings. The fourth-order valence-corrected chi connectivity index (χ4v) is 3.90. The highest BCUT2D eigenvalue weighted by Crippen LogP contribution is 2.31. The second-order valence-corrected chi connectivity index (χ2v) is 7.91. The summed E-state index contributed by atoms with van der Waals surface area (Å²) >= 11 is 0. The number of nitrogens with one attached hydrogen (secondary N) is 1. The lowest BCUT2D eigenvalue weighted by Crippen LogP contribution is -2.44. The van der Waals surface area contributed by atoms with E-state index in [0.29, 0.717) is 12.4 Å². The highest BCUT2D eigenvalue weighted by Gasteiger charge is 2.30. The molecule has 1 aliphatic heterocycles. The van der Waals surface area contributed by atoms with E-state index in [1.165, 1.54) is 0 Å². The number of anilines is 2. The molecule has 30 heavy (non-hydrogen) atoms. The molecular formula is C23H26N6O. The molecule has 1 saturated heterocycles. The van der Waals surface area contributed by atoms with Crippen molar-refractivity contribution in [3.8, 4) is 11.3 Å². The van der Waals surface area contributed by atoms with Gasteiger partial charge >= 0.3 is 0 Å². The molecule has 7 nitrogen and oxygen atoms in total. The normalized spacial score (nSPS) is 18.8. The van der Waals surface area contributed by atoms with Crippen molar-refractivity contribution in [1.29, 1.82) is 0 Å². The lowest BCUT2D eigenvalue weighted by molar-refractivity contribution is -0.132. The number of amides is 1. The lowest BCUT2D eigenvalue weighted by Gasteiger charge is -2.37. The standard InChI is InChI=1S/C23H26N6O/c1-15-9-20(13-25-11-15)26-22-10-21(18-5-4-8-24-12-18)27-23(28-22)19-7-6-16(2)29(14-19)17(3)30/h4-5,8-13,16,19H,6-7,14H2,1-3H3,(H,26,27,28)/t16-,19+/m1/s1. The summed E-state index contributed by atoms with van der Waals surface area (Å²) in [5.41, 5.74) is 3.68. The first-order valence-electron chi connectivity index (χ1n) is 10.2. The quantitative estimate of drug-likeness (QED) is 0.707. The van der Waals surface area contributed by atoms with E-state index in [-0.39, 0.29) is 17.9 Å². The third kappa shape index (κ3) is 4.45. The Morgan fingerprint density at radius 3 is 2.73 bits per heavy atom. The molecule has 3 aromatic heterocycles. The van der Waals surface area contributed by atoms with E-state index in [4.69, 9.17) is 9.97 Å². The fourth-order valence-electron chi connectivity index (χ4n) is 3.90. The minimum Gasteiger partial charge on any atom is -0.340 e. The fraction of sp³-hybridized carbons (Fsp3) is 0.348. The molecule has 0 spiro atoms. The zero-order chi connectivity index (χ0) is 21.1. The number of aromatic nitrogens is 4. The zero-order valence-corrected chi connectivity index (χ0v) is 17.5. The van der Waals surface area contributed by atoms with Crippen LogP contribution in [0, 0.1) is 6.92 Å². The number of carbonyl (C=O) groups is 1. The van der Waals surface area contributed by atoms with Crippen molar-refractivity contribution < 1.29 is 4.79 Å². The zero-order valence-electron chi connectivity index (χ0n) is 17.5. The smallest absolute Gasteiger partial charge is 0.219 e. The summed E-state index contributed by atoms with van der Waals surface area (Å²) in [6, 6.07) is 8.09. The van der Waals surface area contributed by atoms with Gasteiger partial charge in [-0.3, -0.25) is 14.8 Å². The first-order valence-corrected chi connectivity index (χ1v) is 10.2. The van der Waals surface area contributed by atoms with Crippen molar-refractivity contribution in [1.82, 2.24) is 24.8 Å². The van der Waals surface area contributed by atoms with Gasteiger partial charge in [0.1, 0.15) is 11.6 Å². The molecule has 4 rings (SSSR count). The Bertz CT molecular complexity index is 1040. The summed E-state index contributed by atoms with van der Waals surface area (Å²) < 4.78 is 0. The topological polar surface area (TPSA) is 83.9 Å². The molecule has 7 heteroatoms. The van der Waals surface area contributed by atoms with E-state index >= 15 is 0 Å². The molecule has 0 aliphatic carbocycles. The maximum atomic E-state index is 12.1. The number of hydrogen-bond donors (Lipinski definition) is 1. The van der Waals surface area contributed by atoms with Crippen LogP contribution < -0.4 is 5.32 Å². The van der Waals surface area contributed by atoms with Crippen LogP contribution in [0.25, 0.3) is 11.3 Å². The Balaban J connectivity index is 1.71. The van der Waals surface area contributed by atoms with Crippen molar-refractivity contribution in [3.63, 3.8) is 0 Å². The number of carbonyl (C=O) groups excluding carboxylic acids is 1. The third-order valence-corrected chi connectivity index (χ3v) is 5.50.